The van der Waals surface area contributed by atoms with Crippen LogP contribution in [0.1, 0.15) is 19.8 Å². The van der Waals surface area contributed by atoms with Gasteiger partial charge < -0.3 is 15.9 Å². The molecule has 0 aromatic carbocycles. The Bertz CT molecular complexity index is 15.0. The predicted octanol–water partition coefficient (Wildman–Crippen LogP) is -0.653. The fraction of sp³-hybridized carbons (Fsp3) is 0.750. The van der Waals surface area contributed by atoms with E-state index in [1.54, 1.807) is 0 Å². The number of rotatable bonds is 2. The van der Waals surface area contributed by atoms with Gasteiger partial charge in [-0.25, -0.2) is 0 Å². The molecule has 0 fully saturated rings. The molecule has 0 atom stereocenters. The van der Waals surface area contributed by atoms with E-state index in [9.17, 15) is 0 Å². The molecule has 0 aliphatic rings. The average molecular weight is 143 g/mol. The van der Waals surface area contributed by atoms with E-state index < -0.39 is 0 Å². The normalized spacial score (nSPS) is 7.00. The molecule has 0 aliphatic carbocycles. The monoisotopic (exact) mass is 142 g/mol. The largest absolute Gasteiger partial charge is 1.00 e. The van der Waals surface area contributed by atoms with E-state index in [0.717, 1.165) is 0 Å². The Morgan fingerprint density at radius 3 is 2.17 bits per heavy atom. The average Bonchev–Trinajstić information content (AvgIpc) is 1.41. The topological polar surface area (TPSA) is 0 Å². The minimum absolute atomic E-state index is 0. The third-order valence-corrected chi connectivity index (χ3v) is 0.856. The molecule has 0 spiro atoms. The van der Waals surface area contributed by atoms with Crippen LogP contribution < -0.4 is 18.9 Å². The molecule has 0 radical (unpaired) electrons. The number of hydrogen-bond acceptors (Lipinski definition) is 0. The number of halogens is 1. The summed E-state index contributed by atoms with van der Waals surface area (Å²) in [6.45, 7) is 2.15. The molecule has 0 aromatic heterocycles. The summed E-state index contributed by atoms with van der Waals surface area (Å²) in [6, 6.07) is 0. The van der Waals surface area contributed by atoms with Crippen molar-refractivity contribution in [1.82, 2.24) is 0 Å². The molecule has 0 N–H and O–H groups in total. The van der Waals surface area contributed by atoms with Gasteiger partial charge in [0.1, 0.15) is 0 Å². The first-order valence-electron chi connectivity index (χ1n) is 1.83. The fourth-order valence-electron chi connectivity index (χ4n) is 0.109. The Hall–Kier alpha value is 1.08. The van der Waals surface area contributed by atoms with Gasteiger partial charge in [-0.3, -0.25) is 5.33 Å². The summed E-state index contributed by atoms with van der Waals surface area (Å²) < 4.78 is 0. The van der Waals surface area contributed by atoms with E-state index in [1.165, 1.54) is 12.8 Å². The summed E-state index contributed by atoms with van der Waals surface area (Å²) in [4.78, 5) is 0. The zero-order chi connectivity index (χ0) is 4.12. The van der Waals surface area contributed by atoms with Crippen LogP contribution in [0.4, 0.5) is 0 Å². The molecule has 0 nitrogen and oxygen atoms in total. The molecule has 0 rings (SSSR count). The van der Waals surface area contributed by atoms with Crippen molar-refractivity contribution in [1.29, 1.82) is 0 Å². The SMILES string of the molecule is CCC[CH-]Br.[Li+]. The van der Waals surface area contributed by atoms with Crippen molar-refractivity contribution in [3.8, 4) is 0 Å². The Morgan fingerprint density at radius 2 is 2.17 bits per heavy atom. The molecular formula is C4H8BrLi. The molecule has 0 heterocycles. The van der Waals surface area contributed by atoms with E-state index >= 15 is 0 Å². The summed E-state index contributed by atoms with van der Waals surface area (Å²) in [5.74, 6) is 0. The van der Waals surface area contributed by atoms with Crippen molar-refractivity contribution >= 4 is 15.9 Å². The second-order valence-electron chi connectivity index (χ2n) is 0.943. The zero-order valence-corrected chi connectivity index (χ0v) is 5.96. The van der Waals surface area contributed by atoms with Gasteiger partial charge >= 0.3 is 18.9 Å². The van der Waals surface area contributed by atoms with Gasteiger partial charge in [0.15, 0.2) is 0 Å². The maximum atomic E-state index is 3.18. The first kappa shape index (κ1) is 10.1. The molecule has 0 bridgehead atoms. The fourth-order valence-corrected chi connectivity index (χ4v) is 0.567. The summed E-state index contributed by atoms with van der Waals surface area (Å²) in [5.41, 5.74) is 0. The van der Waals surface area contributed by atoms with Crippen LogP contribution in [0.3, 0.4) is 0 Å². The standard InChI is InChI=1S/C4H8Br.Li/c1-2-3-4-5;/h4H,2-3H2,1H3;/q-1;+1. The molecule has 0 amide bonds. The van der Waals surface area contributed by atoms with Gasteiger partial charge in [-0.05, 0) is 0 Å². The quantitative estimate of drug-likeness (QED) is 0.355. The van der Waals surface area contributed by atoms with E-state index in [-0.39, 0.29) is 18.9 Å². The van der Waals surface area contributed by atoms with Gasteiger partial charge in [0.05, 0.1) is 0 Å². The van der Waals surface area contributed by atoms with Gasteiger partial charge in [-0.1, -0.05) is 13.3 Å². The van der Waals surface area contributed by atoms with Crippen LogP contribution in [0.25, 0.3) is 0 Å². The van der Waals surface area contributed by atoms with Crippen molar-refractivity contribution in [2.75, 3.05) is 0 Å². The van der Waals surface area contributed by atoms with Crippen molar-refractivity contribution in [3.63, 3.8) is 0 Å². The van der Waals surface area contributed by atoms with Crippen LogP contribution in [0.5, 0.6) is 0 Å². The predicted molar refractivity (Wildman–Crippen MR) is 28.1 cm³/mol. The molecule has 32 valence electrons. The van der Waals surface area contributed by atoms with Gasteiger partial charge in [0.2, 0.25) is 0 Å². The summed E-state index contributed by atoms with van der Waals surface area (Å²) in [5, 5.41) is 1.99. The minimum atomic E-state index is 0. The third kappa shape index (κ3) is 8.91. The number of unbranched alkanes of at least 4 members (excludes halogenated alkanes) is 1. The first-order chi connectivity index (χ1) is 2.41. The zero-order valence-electron chi connectivity index (χ0n) is 4.37. The van der Waals surface area contributed by atoms with Crippen molar-refractivity contribution < 1.29 is 18.9 Å². The van der Waals surface area contributed by atoms with Crippen LogP contribution in [0, 0.1) is 5.33 Å². The molecule has 6 heavy (non-hydrogen) atoms. The second-order valence-corrected chi connectivity index (χ2v) is 1.59. The molecule has 0 saturated heterocycles. The summed E-state index contributed by atoms with van der Waals surface area (Å²) in [7, 11) is 0. The Kier molecular flexibility index (Phi) is 15.9. The van der Waals surface area contributed by atoms with E-state index in [4.69, 9.17) is 0 Å². The smallest absolute Gasteiger partial charge is 0.320 e. The Balaban J connectivity index is 0. The van der Waals surface area contributed by atoms with Crippen LogP contribution in [-0.2, 0) is 0 Å². The van der Waals surface area contributed by atoms with Gasteiger partial charge in [0.25, 0.3) is 0 Å². The summed E-state index contributed by atoms with van der Waals surface area (Å²) in [6.07, 6.45) is 2.42. The molecule has 0 aliphatic heterocycles. The Morgan fingerprint density at radius 1 is 1.67 bits per heavy atom. The van der Waals surface area contributed by atoms with E-state index in [2.05, 4.69) is 22.9 Å². The van der Waals surface area contributed by atoms with Crippen LogP contribution >= 0.6 is 15.9 Å². The molecule has 0 unspecified atom stereocenters. The molecule has 2 heteroatoms. The maximum Gasteiger partial charge on any atom is 1.00 e. The second kappa shape index (κ2) is 9.42. The van der Waals surface area contributed by atoms with Gasteiger partial charge in [-0.15, -0.1) is 0 Å². The third-order valence-electron chi connectivity index (χ3n) is 0.398. The van der Waals surface area contributed by atoms with Crippen LogP contribution in [0.2, 0.25) is 0 Å². The summed E-state index contributed by atoms with van der Waals surface area (Å²) >= 11 is 3.18. The van der Waals surface area contributed by atoms with Crippen molar-refractivity contribution in [3.05, 3.63) is 5.33 Å². The number of hydrogen-bond donors (Lipinski definition) is 0. The molecule has 0 aromatic rings. The van der Waals surface area contributed by atoms with E-state index in [0.29, 0.717) is 0 Å². The van der Waals surface area contributed by atoms with Gasteiger partial charge in [-0.2, -0.15) is 6.42 Å². The van der Waals surface area contributed by atoms with Gasteiger partial charge in [0, 0.05) is 0 Å². The van der Waals surface area contributed by atoms with Crippen molar-refractivity contribution in [2.24, 2.45) is 0 Å². The maximum absolute atomic E-state index is 3.18. The minimum Gasteiger partial charge on any atom is -0.320 e. The molecular weight excluding hydrogens is 135 g/mol. The Labute approximate surface area is 60.0 Å². The van der Waals surface area contributed by atoms with E-state index in [1.807, 2.05) is 5.33 Å². The molecule has 0 saturated carbocycles. The first-order valence-corrected chi connectivity index (χ1v) is 2.75. The van der Waals surface area contributed by atoms with Crippen LogP contribution in [0.15, 0.2) is 0 Å². The van der Waals surface area contributed by atoms with Crippen LogP contribution in [-0.4, -0.2) is 0 Å². The van der Waals surface area contributed by atoms with Crippen molar-refractivity contribution in [2.45, 2.75) is 19.8 Å².